The third kappa shape index (κ3) is 27.9. The largest absolute Gasteiger partial charge is 0.508 e. The van der Waals surface area contributed by atoms with Crippen molar-refractivity contribution in [2.24, 2.45) is 0 Å². The van der Waals surface area contributed by atoms with Crippen LogP contribution in [0.2, 0.25) is 0 Å². The van der Waals surface area contributed by atoms with E-state index in [0.29, 0.717) is 151 Å². The molecule has 14 aromatic rings. The fourth-order valence-corrected chi connectivity index (χ4v) is 15.9. The molecule has 6 aliphatic rings. The summed E-state index contributed by atoms with van der Waals surface area (Å²) in [6.45, 7) is 17.5. The van der Waals surface area contributed by atoms with Gasteiger partial charge in [0.25, 0.3) is 23.6 Å². The minimum absolute atomic E-state index is 0.00665. The van der Waals surface area contributed by atoms with Crippen molar-refractivity contribution in [2.45, 2.75) is 58.8 Å². The zero-order valence-electron chi connectivity index (χ0n) is 81.0. The highest BCUT2D eigenvalue weighted by Crippen LogP contribution is 2.37. The first-order chi connectivity index (χ1) is 72.6. The summed E-state index contributed by atoms with van der Waals surface area (Å²) in [5.41, 5.74) is 35.8. The van der Waals surface area contributed by atoms with Gasteiger partial charge in [-0.05, 0) is 138 Å². The number of hydrazine groups is 6. The zero-order chi connectivity index (χ0) is 105. The number of imidazole rings is 2. The number of carbonyl (C=O) groups excluding carboxylic acids is 4. The van der Waals surface area contributed by atoms with Crippen LogP contribution in [0.1, 0.15) is 85.6 Å². The number of halogens is 7. The van der Waals surface area contributed by atoms with E-state index in [4.69, 9.17) is 18.9 Å². The predicted octanol–water partition coefficient (Wildman–Crippen LogP) is 11.0. The summed E-state index contributed by atoms with van der Waals surface area (Å²) in [6.07, 6.45) is 14.3. The lowest BCUT2D eigenvalue weighted by Gasteiger charge is -2.28. The molecule has 0 aliphatic carbocycles. The summed E-state index contributed by atoms with van der Waals surface area (Å²) < 4.78 is 122. The molecule has 10 aromatic heterocycles. The number of aromatic nitrogens is 16. The van der Waals surface area contributed by atoms with Crippen LogP contribution in [0, 0.1) is 37.1 Å². The number of aryl methyl sites for hydroxylation is 2. The van der Waals surface area contributed by atoms with Gasteiger partial charge in [-0.25, -0.2) is 78.3 Å². The summed E-state index contributed by atoms with van der Waals surface area (Å²) in [5.74, 6) is -3.42. The van der Waals surface area contributed by atoms with Crippen LogP contribution in [0.4, 0.5) is 135 Å². The van der Waals surface area contributed by atoms with Gasteiger partial charge in [-0.3, -0.25) is 62.6 Å². The molecule has 4 amide bonds. The van der Waals surface area contributed by atoms with Crippen molar-refractivity contribution >= 4 is 128 Å². The van der Waals surface area contributed by atoms with Crippen molar-refractivity contribution in [3.05, 3.63) is 265 Å². The summed E-state index contributed by atoms with van der Waals surface area (Å²) in [4.78, 5) is 114. The molecule has 780 valence electrons. The molecule has 6 fully saturated rings. The second-order valence-electron chi connectivity index (χ2n) is 34.4. The van der Waals surface area contributed by atoms with Crippen molar-refractivity contribution in [1.82, 2.24) is 111 Å². The quantitative estimate of drug-likeness (QED) is 0.0160. The van der Waals surface area contributed by atoms with Gasteiger partial charge in [-0.1, -0.05) is 6.07 Å². The van der Waals surface area contributed by atoms with Crippen molar-refractivity contribution < 1.29 is 79.1 Å². The third-order valence-electron chi connectivity index (χ3n) is 23.4. The molecule has 0 radical (unpaired) electrons. The Labute approximate surface area is 851 Å². The average Bonchev–Trinajstić information content (AvgIpc) is 1.47. The monoisotopic (exact) mass is 2060 g/mol. The molecule has 53 heteroatoms. The number of phenolic OH excluding ortho intramolecular Hbond substituents is 2. The third-order valence-corrected chi connectivity index (χ3v) is 23.4. The summed E-state index contributed by atoms with van der Waals surface area (Å²) in [7, 11) is 0. The van der Waals surface area contributed by atoms with Gasteiger partial charge in [-0.2, -0.15) is 33.1 Å². The molecular weight excluding hydrogens is 1960 g/mol. The van der Waals surface area contributed by atoms with Crippen LogP contribution in [-0.2, 0) is 25.1 Å². The van der Waals surface area contributed by atoms with E-state index < -0.39 is 58.6 Å². The number of morpholine rings is 4. The standard InChI is InChI=1S/C25H23F4N9O2.2C24H28FN9O3.C24H24FN9O2/c1-15-13-38(14-32-15)19-9-16(25(27,28)29)8-18(10-19)33-17-2-3-21(30-11-17)23(39)35-36-24-31-12-20(26)22(34-24)37-4-6-40-7-5-37;1-15-4-5-34(32-15)18-10-17(11-19(35)12-18)28-16-2-3-21(26-13-16)23(36)30-31-24-27-14-20(25)22(29-24)33-6-8-37-9-7-33;1-15-4-5-28-34(15)18-10-17(11-19(35)12-18)29-16-2-3-21(26-13-16)23(36)31-32-24-27-14-20(25)22(30-24)33-6-8-37-9-7-33;1-16-14-34(15-28-16)19-4-2-3-17(11-19)29-18-5-6-21(26-12-18)23(35)31-32-24-27-13-20(25)22(30-24)33-7-9-36-10-8-33/h2-3,8-14,33H,4-7H2,1H3,(H,35,39)(H,31,34,36);2-3,10-15,28,32,35H,4-9H2,1H3,(H,30,36)(H,27,29,31);2-3,10-15,28-29,35H,4-9H2,1H3,(H,31,36)(H,27,30,32);2-6,11-15,29H,7-10H2,1H3,(H,31,35)(H,27,30,32). The highest BCUT2D eigenvalue weighted by molar-refractivity contribution is 5.95. The maximum Gasteiger partial charge on any atom is 0.416 e. The number of carbonyl (C=O) groups is 4. The SMILES string of the molecule is CC1CCN(c2cc(O)cc(Nc3ccc(C(=O)NNc4ncc(F)c(N5CCOCC5)n4)nc3)c2)N1.CC1CCNN1c1cc(O)cc(Nc2ccc(C(=O)NNc3ncc(F)c(N4CCOCC4)n3)nc2)c1.Cc1cn(-c2cc(Nc3ccc(C(=O)NNc4ncc(F)c(N5CCOCC5)n4)nc3)cc(C(F)(F)F)c2)cn1.Cc1cn(-c2cccc(Nc3ccc(C(=O)NNc4ncc(F)c(N5CCOCC5)n4)nc3)c2)cn1. The number of pyridine rings is 4. The Morgan fingerprint density at radius 1 is 0.373 bits per heavy atom. The number of hydrogen-bond donors (Lipinski definition) is 16. The average molecular weight is 2070 g/mol. The van der Waals surface area contributed by atoms with Crippen LogP contribution < -0.4 is 105 Å². The molecule has 6 aliphatic heterocycles. The number of amides is 4. The van der Waals surface area contributed by atoms with Crippen LogP contribution >= 0.6 is 0 Å². The molecule has 0 saturated carbocycles. The minimum Gasteiger partial charge on any atom is -0.508 e. The smallest absolute Gasteiger partial charge is 0.416 e. The molecule has 6 saturated heterocycles. The number of ether oxygens (including phenoxy) is 4. The van der Waals surface area contributed by atoms with E-state index in [-0.39, 0.29) is 92.7 Å². The van der Waals surface area contributed by atoms with E-state index in [9.17, 15) is 60.1 Å². The first kappa shape index (κ1) is 104. The first-order valence-corrected chi connectivity index (χ1v) is 47.3. The van der Waals surface area contributed by atoms with Crippen LogP contribution in [0.15, 0.2) is 202 Å². The maximum atomic E-state index is 14.2. The second-order valence-corrected chi connectivity index (χ2v) is 34.4. The fourth-order valence-electron chi connectivity index (χ4n) is 15.9. The van der Waals surface area contributed by atoms with Crippen molar-refractivity contribution in [3.63, 3.8) is 0 Å². The molecule has 16 N–H and O–H groups in total. The molecule has 2 unspecified atom stereocenters. The van der Waals surface area contributed by atoms with Gasteiger partial charge in [0.2, 0.25) is 23.8 Å². The number of aromatic hydroxyl groups is 2. The molecule has 46 nitrogen and oxygen atoms in total. The van der Waals surface area contributed by atoms with E-state index in [1.807, 2.05) is 64.1 Å². The Bertz CT molecular complexity index is 7020. The van der Waals surface area contributed by atoms with Crippen molar-refractivity contribution in [3.8, 4) is 22.9 Å². The molecular formula is C97H103F7N36O10. The maximum absolute atomic E-state index is 14.2. The van der Waals surface area contributed by atoms with Gasteiger partial charge in [0.1, 0.15) is 34.3 Å². The fraction of sp³-hybridized carbons (Fsp3) is 0.278. The lowest BCUT2D eigenvalue weighted by molar-refractivity contribution is -0.137. The van der Waals surface area contributed by atoms with Crippen molar-refractivity contribution in [2.75, 3.05) is 191 Å². The molecule has 0 bridgehead atoms. The van der Waals surface area contributed by atoms with Gasteiger partial charge in [0.05, 0.1) is 166 Å². The number of nitrogens with zero attached hydrogens (tertiary/aromatic N) is 22. The highest BCUT2D eigenvalue weighted by Gasteiger charge is 2.33. The number of benzene rings is 4. The van der Waals surface area contributed by atoms with E-state index in [1.165, 1.54) is 47.7 Å². The van der Waals surface area contributed by atoms with Gasteiger partial charge in [0.15, 0.2) is 46.5 Å². The van der Waals surface area contributed by atoms with E-state index in [1.54, 1.807) is 106 Å². The van der Waals surface area contributed by atoms with Crippen LogP contribution in [0.5, 0.6) is 11.5 Å². The summed E-state index contributed by atoms with van der Waals surface area (Å²) >= 11 is 0. The Kier molecular flexibility index (Phi) is 33.5. The van der Waals surface area contributed by atoms with Crippen molar-refractivity contribution in [1.29, 1.82) is 0 Å². The number of anilines is 18. The topological polar surface area (TPSA) is 524 Å². The van der Waals surface area contributed by atoms with Crippen LogP contribution in [0.25, 0.3) is 11.4 Å². The lowest BCUT2D eigenvalue weighted by Crippen LogP contribution is -2.38. The number of hydrogen-bond acceptors (Lipinski definition) is 40. The van der Waals surface area contributed by atoms with Gasteiger partial charge < -0.3 is 89.2 Å². The second kappa shape index (κ2) is 48.5. The number of nitrogens with one attached hydrogen (secondary N) is 14. The molecule has 0 spiro atoms. The normalized spacial score (nSPS) is 15.5. The summed E-state index contributed by atoms with van der Waals surface area (Å²) in [6, 6.07) is 35.3. The first-order valence-electron chi connectivity index (χ1n) is 47.3. The van der Waals surface area contributed by atoms with E-state index in [2.05, 4.69) is 159 Å². The molecule has 20 rings (SSSR count). The van der Waals surface area contributed by atoms with Gasteiger partial charge in [0, 0.05) is 148 Å². The number of rotatable bonds is 28. The molecule has 4 aromatic carbocycles. The summed E-state index contributed by atoms with van der Waals surface area (Å²) in [5, 5.41) is 36.9. The van der Waals surface area contributed by atoms with Crippen LogP contribution in [-0.4, -0.2) is 243 Å². The molecule has 16 heterocycles. The van der Waals surface area contributed by atoms with Gasteiger partial charge >= 0.3 is 6.18 Å². The Balaban J connectivity index is 0.000000136. The van der Waals surface area contributed by atoms with Gasteiger partial charge in [-0.15, -0.1) is 0 Å². The number of phenols is 2. The minimum atomic E-state index is -4.56. The van der Waals surface area contributed by atoms with Crippen LogP contribution in [0.3, 0.4) is 0 Å². The molecule has 2 atom stereocenters. The highest BCUT2D eigenvalue weighted by atomic mass is 19.4. The Morgan fingerprint density at radius 2 is 0.720 bits per heavy atom. The Hall–Kier alpha value is -17.8. The zero-order valence-corrected chi connectivity index (χ0v) is 81.0. The van der Waals surface area contributed by atoms with E-state index in [0.717, 1.165) is 97.0 Å². The Morgan fingerprint density at radius 3 is 1.05 bits per heavy atom. The lowest BCUT2D eigenvalue weighted by atomic mass is 10.1. The number of alkyl halides is 3. The van der Waals surface area contributed by atoms with E-state index >= 15 is 0 Å². The predicted molar refractivity (Wildman–Crippen MR) is 541 cm³/mol. The molecule has 150 heavy (non-hydrogen) atoms.